The van der Waals surface area contributed by atoms with Gasteiger partial charge in [0.2, 0.25) is 0 Å². The van der Waals surface area contributed by atoms with Crippen LogP contribution >= 0.6 is 15.9 Å². The van der Waals surface area contributed by atoms with Crippen LogP contribution in [0.3, 0.4) is 0 Å². The van der Waals surface area contributed by atoms with Crippen molar-refractivity contribution in [3.05, 3.63) is 88.4 Å². The van der Waals surface area contributed by atoms with Crippen molar-refractivity contribution in [3.8, 4) is 17.2 Å². The van der Waals surface area contributed by atoms with Crippen molar-refractivity contribution in [3.63, 3.8) is 0 Å². The average Bonchev–Trinajstić information content (AvgIpc) is 2.81. The van der Waals surface area contributed by atoms with Crippen molar-refractivity contribution in [2.75, 3.05) is 7.11 Å². The molecule has 3 aromatic carbocycles. The third-order valence-electron chi connectivity index (χ3n) is 4.28. The number of benzene rings is 3. The Hall–Kier alpha value is -3.65. The molecule has 0 bridgehead atoms. The first-order valence-corrected chi connectivity index (χ1v) is 10.5. The van der Waals surface area contributed by atoms with Gasteiger partial charge in [0.1, 0.15) is 5.75 Å². The molecule has 0 aliphatic carbocycles. The third-order valence-corrected chi connectivity index (χ3v) is 4.81. The summed E-state index contributed by atoms with van der Waals surface area (Å²) in [6, 6.07) is 20.8. The minimum absolute atomic E-state index is 0.277. The van der Waals surface area contributed by atoms with Gasteiger partial charge in [-0.05, 0) is 67.1 Å². The summed E-state index contributed by atoms with van der Waals surface area (Å²) in [6.45, 7) is 1.63. The second kappa shape index (κ2) is 11.1. The SMILES string of the molecule is COc1cc(C=NNC(=O)C(C)Oc2ccc(Br)cc2)ccc1OC(=O)c1ccccc1. The van der Waals surface area contributed by atoms with Crippen molar-refractivity contribution in [1.29, 1.82) is 0 Å². The molecule has 1 atom stereocenters. The van der Waals surface area contributed by atoms with Gasteiger partial charge in [-0.15, -0.1) is 0 Å². The molecular weight excluding hydrogens is 476 g/mol. The molecule has 0 spiro atoms. The zero-order chi connectivity index (χ0) is 22.9. The topological polar surface area (TPSA) is 86.2 Å². The number of halogens is 1. The maximum atomic E-state index is 12.3. The van der Waals surface area contributed by atoms with Crippen molar-refractivity contribution < 1.29 is 23.8 Å². The molecule has 0 fully saturated rings. The van der Waals surface area contributed by atoms with Crippen LogP contribution in [0.2, 0.25) is 0 Å². The lowest BCUT2D eigenvalue weighted by Gasteiger charge is -2.13. The van der Waals surface area contributed by atoms with E-state index in [0.717, 1.165) is 4.47 Å². The molecular formula is C24H21BrN2O5. The van der Waals surface area contributed by atoms with Gasteiger partial charge in [0, 0.05) is 4.47 Å². The number of nitrogens with zero attached hydrogens (tertiary/aromatic N) is 1. The first-order valence-electron chi connectivity index (χ1n) is 9.66. The van der Waals surface area contributed by atoms with E-state index < -0.39 is 18.0 Å². The van der Waals surface area contributed by atoms with Crippen LogP contribution in [0.5, 0.6) is 17.2 Å². The van der Waals surface area contributed by atoms with Crippen LogP contribution < -0.4 is 19.6 Å². The third kappa shape index (κ3) is 6.42. The van der Waals surface area contributed by atoms with Gasteiger partial charge in [0.15, 0.2) is 17.6 Å². The molecule has 7 nitrogen and oxygen atoms in total. The summed E-state index contributed by atoms with van der Waals surface area (Å²) in [4.78, 5) is 24.5. The number of nitrogens with one attached hydrogen (secondary N) is 1. The maximum Gasteiger partial charge on any atom is 0.343 e. The number of ether oxygens (including phenoxy) is 3. The van der Waals surface area contributed by atoms with Crippen LogP contribution in [0.15, 0.2) is 82.4 Å². The molecule has 32 heavy (non-hydrogen) atoms. The summed E-state index contributed by atoms with van der Waals surface area (Å²) in [5, 5.41) is 3.96. The van der Waals surface area contributed by atoms with Crippen LogP contribution in [0.1, 0.15) is 22.8 Å². The van der Waals surface area contributed by atoms with Crippen LogP contribution in [-0.4, -0.2) is 31.3 Å². The van der Waals surface area contributed by atoms with E-state index in [9.17, 15) is 9.59 Å². The highest BCUT2D eigenvalue weighted by atomic mass is 79.9. The van der Waals surface area contributed by atoms with Gasteiger partial charge in [-0.1, -0.05) is 34.1 Å². The number of hydrazone groups is 1. The Balaban J connectivity index is 1.58. The Bertz CT molecular complexity index is 1100. The number of amides is 1. The van der Waals surface area contributed by atoms with Gasteiger partial charge in [-0.2, -0.15) is 5.10 Å². The largest absolute Gasteiger partial charge is 0.493 e. The first-order chi connectivity index (χ1) is 15.5. The Kier molecular flexibility index (Phi) is 7.99. The number of hydrogen-bond donors (Lipinski definition) is 1. The highest BCUT2D eigenvalue weighted by Crippen LogP contribution is 2.28. The number of carbonyl (C=O) groups is 2. The summed E-state index contributed by atoms with van der Waals surface area (Å²) >= 11 is 3.35. The van der Waals surface area contributed by atoms with Crippen molar-refractivity contribution in [2.24, 2.45) is 5.10 Å². The summed E-state index contributed by atoms with van der Waals surface area (Å²) in [5.74, 6) is 0.322. The van der Waals surface area contributed by atoms with Crippen molar-refractivity contribution >= 4 is 34.0 Å². The van der Waals surface area contributed by atoms with Crippen molar-refractivity contribution in [2.45, 2.75) is 13.0 Å². The van der Waals surface area contributed by atoms with E-state index in [1.807, 2.05) is 18.2 Å². The fraction of sp³-hybridized carbons (Fsp3) is 0.125. The molecule has 8 heteroatoms. The normalized spacial score (nSPS) is 11.6. The van der Waals surface area contributed by atoms with E-state index in [2.05, 4.69) is 26.5 Å². The number of rotatable bonds is 8. The van der Waals surface area contributed by atoms with E-state index in [0.29, 0.717) is 22.6 Å². The Morgan fingerprint density at radius 2 is 1.72 bits per heavy atom. The zero-order valence-electron chi connectivity index (χ0n) is 17.4. The van der Waals surface area contributed by atoms with Gasteiger partial charge in [-0.25, -0.2) is 10.2 Å². The monoisotopic (exact) mass is 496 g/mol. The summed E-state index contributed by atoms with van der Waals surface area (Å²) < 4.78 is 17.2. The van der Waals surface area contributed by atoms with E-state index in [-0.39, 0.29) is 5.75 Å². The smallest absolute Gasteiger partial charge is 0.343 e. The van der Waals surface area contributed by atoms with Gasteiger partial charge >= 0.3 is 5.97 Å². The number of carbonyl (C=O) groups excluding carboxylic acids is 2. The second-order valence-corrected chi connectivity index (χ2v) is 7.53. The summed E-state index contributed by atoms with van der Waals surface area (Å²) in [7, 11) is 1.47. The summed E-state index contributed by atoms with van der Waals surface area (Å²) in [5.41, 5.74) is 3.51. The molecule has 0 aliphatic heterocycles. The molecule has 0 saturated heterocycles. The predicted molar refractivity (Wildman–Crippen MR) is 124 cm³/mol. The fourth-order valence-electron chi connectivity index (χ4n) is 2.61. The highest BCUT2D eigenvalue weighted by Gasteiger charge is 2.14. The Labute approximate surface area is 194 Å². The molecule has 0 radical (unpaired) electrons. The van der Waals surface area contributed by atoms with Gasteiger partial charge < -0.3 is 14.2 Å². The molecule has 1 unspecified atom stereocenters. The lowest BCUT2D eigenvalue weighted by molar-refractivity contribution is -0.127. The summed E-state index contributed by atoms with van der Waals surface area (Å²) in [6.07, 6.45) is 0.720. The number of methoxy groups -OCH3 is 1. The minimum Gasteiger partial charge on any atom is -0.493 e. The number of esters is 1. The standard InChI is InChI=1S/C24H21BrN2O5/c1-16(31-20-11-9-19(25)10-12-20)23(28)27-26-15-17-8-13-21(22(14-17)30-2)32-24(29)18-6-4-3-5-7-18/h3-16H,1-2H3,(H,27,28). The molecule has 1 amide bonds. The van der Waals surface area contributed by atoms with E-state index in [1.54, 1.807) is 61.5 Å². The first kappa shape index (κ1) is 23.0. The zero-order valence-corrected chi connectivity index (χ0v) is 19.0. The highest BCUT2D eigenvalue weighted by molar-refractivity contribution is 9.10. The van der Waals surface area contributed by atoms with Crippen LogP contribution in [0.25, 0.3) is 0 Å². The molecule has 3 rings (SSSR count). The lowest BCUT2D eigenvalue weighted by atomic mass is 10.2. The van der Waals surface area contributed by atoms with E-state index >= 15 is 0 Å². The van der Waals surface area contributed by atoms with Crippen LogP contribution in [0.4, 0.5) is 0 Å². The molecule has 0 heterocycles. The Morgan fingerprint density at radius 3 is 2.41 bits per heavy atom. The quantitative estimate of drug-likeness (QED) is 0.213. The van der Waals surface area contributed by atoms with Crippen LogP contribution in [-0.2, 0) is 4.79 Å². The van der Waals surface area contributed by atoms with E-state index in [1.165, 1.54) is 13.3 Å². The van der Waals surface area contributed by atoms with Gasteiger partial charge in [-0.3, -0.25) is 4.79 Å². The van der Waals surface area contributed by atoms with Gasteiger partial charge in [0.05, 0.1) is 18.9 Å². The minimum atomic E-state index is -0.734. The molecule has 1 N–H and O–H groups in total. The average molecular weight is 497 g/mol. The van der Waals surface area contributed by atoms with Crippen molar-refractivity contribution in [1.82, 2.24) is 5.43 Å². The molecule has 164 valence electrons. The van der Waals surface area contributed by atoms with E-state index in [4.69, 9.17) is 14.2 Å². The predicted octanol–water partition coefficient (Wildman–Crippen LogP) is 4.59. The lowest BCUT2D eigenvalue weighted by Crippen LogP contribution is -2.33. The maximum absolute atomic E-state index is 12.3. The Morgan fingerprint density at radius 1 is 1.00 bits per heavy atom. The van der Waals surface area contributed by atoms with Crippen LogP contribution in [0, 0.1) is 0 Å². The van der Waals surface area contributed by atoms with Gasteiger partial charge in [0.25, 0.3) is 5.91 Å². The fourth-order valence-corrected chi connectivity index (χ4v) is 2.88. The second-order valence-electron chi connectivity index (χ2n) is 6.61. The molecule has 0 saturated carbocycles. The molecule has 3 aromatic rings. The number of hydrogen-bond acceptors (Lipinski definition) is 6. The molecule has 0 aromatic heterocycles. The molecule has 0 aliphatic rings.